The van der Waals surface area contributed by atoms with Crippen LogP contribution in [0.2, 0.25) is 0 Å². The molecule has 0 bridgehead atoms. The van der Waals surface area contributed by atoms with E-state index < -0.39 is 12.0 Å². The van der Waals surface area contributed by atoms with Crippen LogP contribution < -0.4 is 10.1 Å². The zero-order chi connectivity index (χ0) is 28.5. The van der Waals surface area contributed by atoms with Crippen molar-refractivity contribution in [3.8, 4) is 17.3 Å². The molecule has 3 heterocycles. The summed E-state index contributed by atoms with van der Waals surface area (Å²) in [7, 11) is 2.94. The Bertz CT molecular complexity index is 1720. The second-order valence-corrected chi connectivity index (χ2v) is 9.71. The van der Waals surface area contributed by atoms with Gasteiger partial charge in [0.1, 0.15) is 11.6 Å². The summed E-state index contributed by atoms with van der Waals surface area (Å²) in [6.07, 6.45) is 2.00. The molecule has 1 N–H and O–H groups in total. The standard InChI is InChI=1S/C32H29N5O4/c1-21-26-20-36(32(39)33-27-13-8-7-12-25(27)31(38)41-3)29(22-15-17-24(40-2)18-16-22)28-14-9-19-35(28)30(26)37(34-21)23-10-5-4-6-11-23/h4-19,29H,20H2,1-3H3,(H,33,39)/t29-/m1/s1. The van der Waals surface area contributed by atoms with Gasteiger partial charge in [-0.2, -0.15) is 5.10 Å². The van der Waals surface area contributed by atoms with E-state index in [-0.39, 0.29) is 18.1 Å². The van der Waals surface area contributed by atoms with E-state index in [4.69, 9.17) is 14.6 Å². The van der Waals surface area contributed by atoms with Crippen molar-refractivity contribution in [3.05, 3.63) is 125 Å². The molecule has 0 radical (unpaired) electrons. The monoisotopic (exact) mass is 547 g/mol. The molecule has 1 aliphatic heterocycles. The van der Waals surface area contributed by atoms with Gasteiger partial charge in [-0.3, -0.25) is 0 Å². The number of hydrogen-bond acceptors (Lipinski definition) is 5. The van der Waals surface area contributed by atoms with Crippen molar-refractivity contribution in [2.24, 2.45) is 0 Å². The Labute approximate surface area is 237 Å². The Hall–Kier alpha value is -5.31. The second kappa shape index (κ2) is 10.7. The second-order valence-electron chi connectivity index (χ2n) is 9.71. The lowest BCUT2D eigenvalue weighted by molar-refractivity contribution is 0.0602. The van der Waals surface area contributed by atoms with E-state index in [2.05, 4.69) is 9.88 Å². The number of anilines is 1. The minimum Gasteiger partial charge on any atom is -0.497 e. The van der Waals surface area contributed by atoms with Gasteiger partial charge in [0.2, 0.25) is 0 Å². The van der Waals surface area contributed by atoms with Crippen LogP contribution in [0.4, 0.5) is 10.5 Å². The highest BCUT2D eigenvalue weighted by Crippen LogP contribution is 2.39. The number of methoxy groups -OCH3 is 2. The van der Waals surface area contributed by atoms with E-state index in [0.29, 0.717) is 5.69 Å². The highest BCUT2D eigenvalue weighted by molar-refractivity contribution is 6.01. The van der Waals surface area contributed by atoms with Crippen molar-refractivity contribution in [3.63, 3.8) is 0 Å². The molecule has 0 spiro atoms. The maximum atomic E-state index is 14.2. The van der Waals surface area contributed by atoms with Crippen LogP contribution in [-0.4, -0.2) is 45.5 Å². The molecule has 0 aliphatic carbocycles. The number of amides is 2. The van der Waals surface area contributed by atoms with E-state index in [1.807, 2.05) is 84.5 Å². The average molecular weight is 548 g/mol. The number of carbonyl (C=O) groups is 2. The molecular formula is C32H29N5O4. The van der Waals surface area contributed by atoms with E-state index in [1.165, 1.54) is 7.11 Å². The van der Waals surface area contributed by atoms with Gasteiger partial charge in [0.15, 0.2) is 0 Å². The largest absolute Gasteiger partial charge is 0.497 e. The summed E-state index contributed by atoms with van der Waals surface area (Å²) in [4.78, 5) is 28.5. The number of carbonyl (C=O) groups excluding carboxylic acids is 2. The van der Waals surface area contributed by atoms with Crippen LogP contribution in [0.25, 0.3) is 11.5 Å². The van der Waals surface area contributed by atoms with Crippen molar-refractivity contribution < 1.29 is 19.1 Å². The number of ether oxygens (including phenoxy) is 2. The van der Waals surface area contributed by atoms with Crippen molar-refractivity contribution >= 4 is 17.7 Å². The fourth-order valence-corrected chi connectivity index (χ4v) is 5.35. The molecule has 0 saturated carbocycles. The Morgan fingerprint density at radius 3 is 2.37 bits per heavy atom. The first kappa shape index (κ1) is 25.9. The molecule has 1 atom stereocenters. The van der Waals surface area contributed by atoms with Crippen molar-refractivity contribution in [2.45, 2.75) is 19.5 Å². The molecule has 206 valence electrons. The lowest BCUT2D eigenvalue weighted by atomic mass is 10.0. The first-order valence-electron chi connectivity index (χ1n) is 13.2. The topological polar surface area (TPSA) is 90.6 Å². The summed E-state index contributed by atoms with van der Waals surface area (Å²) in [6, 6.07) is 27.6. The van der Waals surface area contributed by atoms with Gasteiger partial charge in [-0.25, -0.2) is 14.3 Å². The Balaban J connectivity index is 1.52. The van der Waals surface area contributed by atoms with E-state index in [1.54, 1.807) is 36.3 Å². The number of aryl methyl sites for hydroxylation is 1. The average Bonchev–Trinajstić information content (AvgIpc) is 3.57. The number of rotatable bonds is 5. The zero-order valence-electron chi connectivity index (χ0n) is 22.9. The quantitative estimate of drug-likeness (QED) is 0.277. The van der Waals surface area contributed by atoms with Crippen molar-refractivity contribution in [2.75, 3.05) is 19.5 Å². The van der Waals surface area contributed by atoms with Gasteiger partial charge in [-0.1, -0.05) is 42.5 Å². The highest BCUT2D eigenvalue weighted by atomic mass is 16.5. The predicted molar refractivity (Wildman–Crippen MR) is 155 cm³/mol. The fourth-order valence-electron chi connectivity index (χ4n) is 5.35. The molecule has 41 heavy (non-hydrogen) atoms. The van der Waals surface area contributed by atoms with Gasteiger partial charge in [0, 0.05) is 11.8 Å². The number of para-hydroxylation sites is 2. The number of benzene rings is 3. The molecule has 0 saturated heterocycles. The molecule has 1 aliphatic rings. The summed E-state index contributed by atoms with van der Waals surface area (Å²) < 4.78 is 14.4. The van der Waals surface area contributed by atoms with Gasteiger partial charge in [-0.15, -0.1) is 0 Å². The number of aromatic nitrogens is 3. The summed E-state index contributed by atoms with van der Waals surface area (Å²) in [5.41, 5.74) is 5.09. The third-order valence-corrected chi connectivity index (χ3v) is 7.35. The van der Waals surface area contributed by atoms with Gasteiger partial charge in [0.05, 0.1) is 55.1 Å². The first-order valence-corrected chi connectivity index (χ1v) is 13.2. The van der Waals surface area contributed by atoms with Crippen LogP contribution in [0.15, 0.2) is 97.2 Å². The summed E-state index contributed by atoms with van der Waals surface area (Å²) in [6.45, 7) is 2.23. The van der Waals surface area contributed by atoms with Crippen LogP contribution in [0.1, 0.15) is 38.9 Å². The molecule has 6 rings (SSSR count). The molecule has 2 amide bonds. The Kier molecular flexibility index (Phi) is 6.76. The minimum absolute atomic E-state index is 0.274. The first-order chi connectivity index (χ1) is 20.0. The third kappa shape index (κ3) is 4.61. The van der Waals surface area contributed by atoms with E-state index in [9.17, 15) is 9.59 Å². The number of nitrogens with one attached hydrogen (secondary N) is 1. The lowest BCUT2D eigenvalue weighted by Gasteiger charge is -2.31. The van der Waals surface area contributed by atoms with Crippen LogP contribution in [-0.2, 0) is 11.3 Å². The van der Waals surface area contributed by atoms with Gasteiger partial charge < -0.3 is 24.3 Å². The van der Waals surface area contributed by atoms with Crippen LogP contribution in [0.3, 0.4) is 0 Å². The maximum absolute atomic E-state index is 14.2. The maximum Gasteiger partial charge on any atom is 0.339 e. The molecule has 0 unspecified atom stereocenters. The smallest absolute Gasteiger partial charge is 0.339 e. The van der Waals surface area contributed by atoms with Crippen LogP contribution in [0.5, 0.6) is 5.75 Å². The lowest BCUT2D eigenvalue weighted by Crippen LogP contribution is -2.38. The number of nitrogens with zero attached hydrogens (tertiary/aromatic N) is 4. The zero-order valence-corrected chi connectivity index (χ0v) is 22.9. The van der Waals surface area contributed by atoms with E-state index >= 15 is 0 Å². The highest BCUT2D eigenvalue weighted by Gasteiger charge is 2.36. The SMILES string of the molecule is COC(=O)c1ccccc1NC(=O)N1Cc2c(C)nn(-c3ccccc3)c2-n2cccc2[C@H]1c1ccc(OC)cc1. The normalized spacial score (nSPS) is 14.0. The number of fused-ring (bicyclic) bond motifs is 3. The third-order valence-electron chi connectivity index (χ3n) is 7.35. The molecule has 2 aromatic heterocycles. The summed E-state index contributed by atoms with van der Waals surface area (Å²) in [5.74, 6) is 1.07. The van der Waals surface area contributed by atoms with Crippen LogP contribution >= 0.6 is 0 Å². The molecule has 0 fully saturated rings. The Morgan fingerprint density at radius 1 is 0.902 bits per heavy atom. The molecule has 9 nitrogen and oxygen atoms in total. The Morgan fingerprint density at radius 2 is 1.63 bits per heavy atom. The minimum atomic E-state index is -0.528. The van der Waals surface area contributed by atoms with Crippen molar-refractivity contribution in [1.82, 2.24) is 19.2 Å². The van der Waals surface area contributed by atoms with Crippen LogP contribution in [0, 0.1) is 6.92 Å². The molecule has 5 aromatic rings. The van der Waals surface area contributed by atoms with Gasteiger partial charge >= 0.3 is 12.0 Å². The van der Waals surface area contributed by atoms with Gasteiger partial charge in [0.25, 0.3) is 0 Å². The number of hydrogen-bond donors (Lipinski definition) is 1. The fraction of sp³-hybridized carbons (Fsp3) is 0.156. The molecular weight excluding hydrogens is 518 g/mol. The summed E-state index contributed by atoms with van der Waals surface area (Å²) >= 11 is 0. The van der Waals surface area contributed by atoms with Gasteiger partial charge in [-0.05, 0) is 61.0 Å². The number of urea groups is 1. The molecule has 3 aromatic carbocycles. The van der Waals surface area contributed by atoms with Crippen molar-refractivity contribution in [1.29, 1.82) is 0 Å². The predicted octanol–water partition coefficient (Wildman–Crippen LogP) is 5.90. The number of esters is 1. The molecule has 9 heteroatoms. The van der Waals surface area contributed by atoms with E-state index in [0.717, 1.165) is 39.8 Å². The summed E-state index contributed by atoms with van der Waals surface area (Å²) in [5, 5.41) is 7.87.